The Morgan fingerprint density at radius 3 is 2.71 bits per heavy atom. The summed E-state index contributed by atoms with van der Waals surface area (Å²) in [4.78, 5) is 8.50. The van der Waals surface area contributed by atoms with Crippen molar-refractivity contribution in [2.24, 2.45) is 0 Å². The highest BCUT2D eigenvalue weighted by Crippen LogP contribution is 2.18. The van der Waals surface area contributed by atoms with Gasteiger partial charge in [-0.15, -0.1) is 0 Å². The van der Waals surface area contributed by atoms with Crippen LogP contribution < -0.4 is 11.1 Å². The van der Waals surface area contributed by atoms with Crippen molar-refractivity contribution in [1.29, 1.82) is 0 Å². The average molecular weight is 285 g/mol. The van der Waals surface area contributed by atoms with Gasteiger partial charge in [0.1, 0.15) is 11.6 Å². The van der Waals surface area contributed by atoms with Gasteiger partial charge in [0.2, 0.25) is 0 Å². The SMILES string of the molecule is Cc1cc(CNc2nc(N)cn3ccnc23)cc(C)c1F. The zero-order valence-corrected chi connectivity index (χ0v) is 11.9. The average Bonchev–Trinajstić information content (AvgIpc) is 2.90. The number of aryl methyl sites for hydroxylation is 2. The van der Waals surface area contributed by atoms with E-state index in [4.69, 9.17) is 5.73 Å². The minimum absolute atomic E-state index is 0.156. The van der Waals surface area contributed by atoms with E-state index in [-0.39, 0.29) is 5.82 Å². The Balaban J connectivity index is 1.88. The second kappa shape index (κ2) is 5.05. The first-order chi connectivity index (χ1) is 10.0. The first kappa shape index (κ1) is 13.4. The molecule has 21 heavy (non-hydrogen) atoms. The fourth-order valence-electron chi connectivity index (χ4n) is 2.39. The highest BCUT2D eigenvalue weighted by molar-refractivity contribution is 5.64. The minimum atomic E-state index is -0.156. The Morgan fingerprint density at radius 2 is 2.00 bits per heavy atom. The van der Waals surface area contributed by atoms with Crippen molar-refractivity contribution < 1.29 is 4.39 Å². The summed E-state index contributed by atoms with van der Waals surface area (Å²) in [6, 6.07) is 3.65. The van der Waals surface area contributed by atoms with Crippen molar-refractivity contribution in [3.05, 3.63) is 53.2 Å². The van der Waals surface area contributed by atoms with Gasteiger partial charge < -0.3 is 15.5 Å². The van der Waals surface area contributed by atoms with E-state index in [0.717, 1.165) is 5.56 Å². The van der Waals surface area contributed by atoms with Crippen LogP contribution in [0.25, 0.3) is 5.65 Å². The van der Waals surface area contributed by atoms with Crippen LogP contribution in [0.15, 0.2) is 30.7 Å². The quantitative estimate of drug-likeness (QED) is 0.776. The van der Waals surface area contributed by atoms with Crippen molar-refractivity contribution in [2.75, 3.05) is 11.1 Å². The van der Waals surface area contributed by atoms with Crippen LogP contribution in [0.2, 0.25) is 0 Å². The predicted octanol–water partition coefficient (Wildman–Crippen LogP) is 2.68. The third-order valence-corrected chi connectivity index (χ3v) is 3.35. The third-order valence-electron chi connectivity index (χ3n) is 3.35. The number of hydrogen-bond donors (Lipinski definition) is 2. The van der Waals surface area contributed by atoms with Crippen molar-refractivity contribution >= 4 is 17.3 Å². The van der Waals surface area contributed by atoms with E-state index < -0.39 is 0 Å². The lowest BCUT2D eigenvalue weighted by molar-refractivity contribution is 0.608. The van der Waals surface area contributed by atoms with Crippen molar-refractivity contribution in [3.8, 4) is 0 Å². The summed E-state index contributed by atoms with van der Waals surface area (Å²) < 4.78 is 15.4. The van der Waals surface area contributed by atoms with Crippen LogP contribution in [0.4, 0.5) is 16.0 Å². The smallest absolute Gasteiger partial charge is 0.180 e. The summed E-state index contributed by atoms with van der Waals surface area (Å²) >= 11 is 0. The number of hydrogen-bond acceptors (Lipinski definition) is 4. The van der Waals surface area contributed by atoms with E-state index >= 15 is 0 Å². The number of nitrogens with one attached hydrogen (secondary N) is 1. The molecule has 0 saturated carbocycles. The van der Waals surface area contributed by atoms with Gasteiger partial charge in [-0.2, -0.15) is 0 Å². The zero-order chi connectivity index (χ0) is 15.0. The number of rotatable bonds is 3. The summed E-state index contributed by atoms with van der Waals surface area (Å²) in [5.41, 5.74) is 8.74. The molecule has 0 aliphatic heterocycles. The number of imidazole rings is 1. The monoisotopic (exact) mass is 285 g/mol. The van der Waals surface area contributed by atoms with E-state index in [1.165, 1.54) is 0 Å². The molecular weight excluding hydrogens is 269 g/mol. The molecule has 0 amide bonds. The number of nitrogens with zero attached hydrogens (tertiary/aromatic N) is 3. The predicted molar refractivity (Wildman–Crippen MR) is 80.6 cm³/mol. The standard InChI is InChI=1S/C15H16FN5/c1-9-5-11(6-10(2)13(9)16)7-19-14-15-18-3-4-21(15)8-12(17)20-14/h3-6,8H,7,17H2,1-2H3,(H,19,20). The fraction of sp³-hybridized carbons (Fsp3) is 0.200. The summed E-state index contributed by atoms with van der Waals surface area (Å²) in [5, 5.41) is 3.21. The van der Waals surface area contributed by atoms with Crippen LogP contribution in [-0.2, 0) is 6.54 Å². The lowest BCUT2D eigenvalue weighted by atomic mass is 10.1. The number of halogens is 1. The maximum Gasteiger partial charge on any atom is 0.180 e. The van der Waals surface area contributed by atoms with Crippen molar-refractivity contribution in [3.63, 3.8) is 0 Å². The molecule has 6 heteroatoms. The van der Waals surface area contributed by atoms with Gasteiger partial charge in [0.25, 0.3) is 0 Å². The van der Waals surface area contributed by atoms with Gasteiger partial charge in [0.15, 0.2) is 11.5 Å². The Labute approximate surface area is 121 Å². The molecule has 0 unspecified atom stereocenters. The van der Waals surface area contributed by atoms with Crippen molar-refractivity contribution in [1.82, 2.24) is 14.4 Å². The van der Waals surface area contributed by atoms with Crippen LogP contribution in [0.1, 0.15) is 16.7 Å². The largest absolute Gasteiger partial charge is 0.382 e. The van der Waals surface area contributed by atoms with Gasteiger partial charge in [-0.25, -0.2) is 14.4 Å². The molecule has 0 radical (unpaired) electrons. The number of anilines is 2. The number of benzene rings is 1. The van der Waals surface area contributed by atoms with Crippen LogP contribution in [0, 0.1) is 19.7 Å². The highest BCUT2D eigenvalue weighted by Gasteiger charge is 2.08. The van der Waals surface area contributed by atoms with Crippen LogP contribution in [0.3, 0.4) is 0 Å². The molecule has 3 N–H and O–H groups in total. The fourth-order valence-corrected chi connectivity index (χ4v) is 2.39. The summed E-state index contributed by atoms with van der Waals surface area (Å²) in [5.74, 6) is 0.866. The Kier molecular flexibility index (Phi) is 3.21. The maximum atomic E-state index is 13.6. The van der Waals surface area contributed by atoms with Crippen molar-refractivity contribution in [2.45, 2.75) is 20.4 Å². The number of nitrogen functional groups attached to an aromatic ring is 1. The summed E-state index contributed by atoms with van der Waals surface area (Å²) in [7, 11) is 0. The summed E-state index contributed by atoms with van der Waals surface area (Å²) in [6.07, 6.45) is 5.21. The van der Waals surface area contributed by atoms with E-state index in [9.17, 15) is 4.39 Å². The normalized spacial score (nSPS) is 11.0. The molecule has 3 aromatic rings. The topological polar surface area (TPSA) is 68.2 Å². The Morgan fingerprint density at radius 1 is 1.29 bits per heavy atom. The molecule has 0 saturated heterocycles. The molecule has 0 fully saturated rings. The molecule has 2 heterocycles. The van der Waals surface area contributed by atoms with Crippen LogP contribution in [0.5, 0.6) is 0 Å². The second-order valence-electron chi connectivity index (χ2n) is 5.07. The minimum Gasteiger partial charge on any atom is -0.382 e. The number of nitrogens with two attached hydrogens (primary N) is 1. The molecule has 0 spiro atoms. The maximum absolute atomic E-state index is 13.6. The zero-order valence-electron chi connectivity index (χ0n) is 11.9. The molecule has 0 bridgehead atoms. The highest BCUT2D eigenvalue weighted by atomic mass is 19.1. The summed E-state index contributed by atoms with van der Waals surface area (Å²) in [6.45, 7) is 4.05. The van der Waals surface area contributed by atoms with Gasteiger partial charge >= 0.3 is 0 Å². The first-order valence-corrected chi connectivity index (χ1v) is 6.63. The third kappa shape index (κ3) is 2.52. The van der Waals surface area contributed by atoms with Gasteiger partial charge in [0.05, 0.1) is 6.20 Å². The lowest BCUT2D eigenvalue weighted by Crippen LogP contribution is -2.06. The molecule has 0 aliphatic carbocycles. The van der Waals surface area contributed by atoms with Gasteiger partial charge in [-0.05, 0) is 30.5 Å². The lowest BCUT2D eigenvalue weighted by Gasteiger charge is -2.10. The molecule has 108 valence electrons. The Hall–Kier alpha value is -2.63. The van der Waals surface area contributed by atoms with E-state index in [1.807, 2.05) is 22.7 Å². The molecule has 1 aromatic carbocycles. The molecule has 5 nitrogen and oxygen atoms in total. The van der Waals surface area contributed by atoms with Gasteiger partial charge in [0, 0.05) is 18.9 Å². The number of fused-ring (bicyclic) bond motifs is 1. The second-order valence-corrected chi connectivity index (χ2v) is 5.07. The van der Waals surface area contributed by atoms with Gasteiger partial charge in [-0.1, -0.05) is 12.1 Å². The molecular formula is C15H16FN5. The van der Waals surface area contributed by atoms with E-state index in [2.05, 4.69) is 15.3 Å². The van der Waals surface area contributed by atoms with Gasteiger partial charge in [-0.3, -0.25) is 0 Å². The van der Waals surface area contributed by atoms with E-state index in [1.54, 1.807) is 26.2 Å². The molecule has 0 aliphatic rings. The Bertz CT molecular complexity index is 786. The van der Waals surface area contributed by atoms with E-state index in [0.29, 0.717) is 35.0 Å². The first-order valence-electron chi connectivity index (χ1n) is 6.63. The molecule has 2 aromatic heterocycles. The van der Waals surface area contributed by atoms with Crippen LogP contribution in [-0.4, -0.2) is 14.4 Å². The molecule has 3 rings (SSSR count). The number of aromatic nitrogens is 3. The molecule has 0 atom stereocenters. The van der Waals surface area contributed by atoms with Crippen LogP contribution >= 0.6 is 0 Å².